The second-order valence-electron chi connectivity index (χ2n) is 34.5. The highest BCUT2D eigenvalue weighted by molar-refractivity contribution is 8.00. The van der Waals surface area contributed by atoms with Crippen molar-refractivity contribution in [1.82, 2.24) is 93.0 Å². The highest BCUT2D eigenvalue weighted by Gasteiger charge is 2.46. The predicted molar refractivity (Wildman–Crippen MR) is 495 cm³/mol. The Morgan fingerprint density at radius 1 is 0.493 bits per heavy atom. The summed E-state index contributed by atoms with van der Waals surface area (Å²) in [4.78, 5) is 274. The number of rotatable bonds is 27. The van der Waals surface area contributed by atoms with Gasteiger partial charge in [0.15, 0.2) is 5.96 Å². The number of thioether (sulfide) groups is 1. The van der Waals surface area contributed by atoms with Crippen molar-refractivity contribution in [2.24, 2.45) is 28.9 Å². The lowest BCUT2D eigenvalue weighted by atomic mass is 9.99. The zero-order chi connectivity index (χ0) is 98.3. The SMILES string of the molecule is CCCC[C@H]1C(=O)N(C)[C@@H](CCCC)C(=O)N[C@@H](CCCNC(=N)N)C(=O)NC(C(=O)NCC(N)=O)CSCC(=O)N[C@@H](Cc2ccc(O)cc2)C(=O)N(C)[C@@H](C)C(=O)N[C@@H](CC(N)=O)C(=O)N2CCC[C@H]2C(=O)N[C@@H](CC(N)=O)C(=O)N[C@@H](CC(C)C)C(=O)N2CCC[C@H]2C(=O)N[C@@H](Cc2c[nH]c3ccccc23)C(=O)N[C@@H](CCO)C(=O)N[C@@H](Cc2c[nH]c3ccccc23)C(=O)N1C. The molecule has 1 unspecified atom stereocenters. The summed E-state index contributed by atoms with van der Waals surface area (Å²) in [6.07, 6.45) is 2.05. The Balaban J connectivity index is 1.20. The number of carbonyl (C=O) groups is 18. The summed E-state index contributed by atoms with van der Waals surface area (Å²) in [6.45, 7) is 6.76. The van der Waals surface area contributed by atoms with Gasteiger partial charge in [0.1, 0.15) is 90.3 Å². The molecular formula is C90H129N23O20S. The van der Waals surface area contributed by atoms with Crippen LogP contribution in [0.2, 0.25) is 0 Å². The van der Waals surface area contributed by atoms with Gasteiger partial charge in [-0.05, 0) is 118 Å². The number of para-hydroxylation sites is 2. The summed E-state index contributed by atoms with van der Waals surface area (Å²) in [5.74, 6) is -19.0. The van der Waals surface area contributed by atoms with E-state index >= 15 is 33.6 Å². The van der Waals surface area contributed by atoms with Crippen molar-refractivity contribution in [3.8, 4) is 5.75 Å². The number of aromatic amines is 2. The molecule has 3 aliphatic heterocycles. The first-order valence-corrected chi connectivity index (χ1v) is 46.3. The van der Waals surface area contributed by atoms with E-state index in [0.29, 0.717) is 64.2 Å². The summed E-state index contributed by atoms with van der Waals surface area (Å²) in [5.41, 5.74) is 25.2. The average molecular weight is 1890 g/mol. The molecule has 0 saturated carbocycles. The number of carbonyl (C=O) groups excluding carboxylic acids is 18. The number of unbranched alkanes of at least 4 members (excludes halogenated alkanes) is 2. The highest BCUT2D eigenvalue weighted by Crippen LogP contribution is 2.28. The molecule has 2 aromatic heterocycles. The number of hydrogen-bond acceptors (Lipinski definition) is 22. The quantitative estimate of drug-likeness (QED) is 0.0146. The third-order valence-corrected chi connectivity index (χ3v) is 25.0. The number of H-pyrrole nitrogens is 2. The molecule has 0 radical (unpaired) electrons. The summed E-state index contributed by atoms with van der Waals surface area (Å²) in [7, 11) is 3.91. The fourth-order valence-electron chi connectivity index (χ4n) is 16.6. The maximum absolute atomic E-state index is 15.8. The van der Waals surface area contributed by atoms with Crippen LogP contribution in [0.5, 0.6) is 5.75 Å². The second-order valence-corrected chi connectivity index (χ2v) is 35.5. The van der Waals surface area contributed by atoms with Gasteiger partial charge in [-0.2, -0.15) is 0 Å². The van der Waals surface area contributed by atoms with E-state index in [1.807, 2.05) is 13.8 Å². The van der Waals surface area contributed by atoms with Gasteiger partial charge in [0.2, 0.25) is 106 Å². The number of guanidine groups is 1. The van der Waals surface area contributed by atoms with E-state index < -0.39 is 241 Å². The normalized spacial score (nSPS) is 24.3. The molecule has 24 N–H and O–H groups in total. The minimum Gasteiger partial charge on any atom is -0.508 e. The van der Waals surface area contributed by atoms with Crippen molar-refractivity contribution in [3.63, 3.8) is 0 Å². The van der Waals surface area contributed by atoms with Crippen molar-refractivity contribution >= 4 is 146 Å². The number of nitrogens with two attached hydrogens (primary N) is 4. The highest BCUT2D eigenvalue weighted by atomic mass is 32.2. The van der Waals surface area contributed by atoms with E-state index in [9.17, 15) is 63.0 Å². The molecule has 0 bridgehead atoms. The minimum atomic E-state index is -1.82. The van der Waals surface area contributed by atoms with Gasteiger partial charge in [0.05, 0.1) is 25.1 Å². The molecule has 14 atom stereocenters. The molecule has 5 heterocycles. The zero-order valence-electron chi connectivity index (χ0n) is 76.8. The van der Waals surface area contributed by atoms with Gasteiger partial charge in [-0.3, -0.25) is 91.7 Å². The van der Waals surface area contributed by atoms with Gasteiger partial charge in [0, 0.05) is 107 Å². The second kappa shape index (κ2) is 51.0. The van der Waals surface area contributed by atoms with Crippen LogP contribution in [0.25, 0.3) is 21.8 Å². The Hall–Kier alpha value is -13.4. The number of nitrogens with one attached hydrogen (secondary N) is 14. The lowest BCUT2D eigenvalue weighted by Gasteiger charge is -2.36. The molecule has 3 saturated heterocycles. The number of likely N-dealkylation sites (N-methyl/N-ethyl adjacent to an activating group) is 3. The van der Waals surface area contributed by atoms with Gasteiger partial charge < -0.3 is 126 Å². The monoisotopic (exact) mass is 1880 g/mol. The molecule has 3 aliphatic rings. The largest absolute Gasteiger partial charge is 0.508 e. The molecule has 134 heavy (non-hydrogen) atoms. The van der Waals surface area contributed by atoms with Crippen LogP contribution in [0.15, 0.2) is 85.2 Å². The summed E-state index contributed by atoms with van der Waals surface area (Å²) in [5, 5.41) is 59.1. The first-order chi connectivity index (χ1) is 63.7. The third kappa shape index (κ3) is 30.0. The van der Waals surface area contributed by atoms with Crippen molar-refractivity contribution in [3.05, 3.63) is 102 Å². The standard InChI is InChI=1S/C90H129N23O20S/c1-9-11-25-68-82(126)102-59(24-17-34-96-90(94)95)78(122)108-67(77(121)99-46-74(93)118)47-134-48-75(119)100-64(39-51-29-31-54(115)32-30-51)85(129)109(6)50(5)76(120)105-66(43-73(92)117)88(132)113-36-19-28-70(113)84(128)104-62(42-72(91)116)81(125)106-63(38-49(3)4)87(131)112-35-18-27-69(112)83(127)103-61(40-52-44-97-57-22-15-13-20-55(52)57)80(124)101-60(33-37-114)79(123)107-65(41-53-45-98-58-23-16-14-21-56(53)58)86(130)111(8)71(26-12-10-2)89(133)110(68)7/h13-16,20-23,29-32,44-45,49-50,59-71,97-98,114-115H,9-12,17-19,24-28,33-43,46-48H2,1-8H3,(H2,91,116)(H2,92,117)(H2,93,118)(H,99,121)(H,100,119)(H,101,124)(H,102,126)(H,103,127)(H,104,128)(H,105,120)(H,106,125)(H,107,123)(H,108,122)(H4,94,95,96)/t50-,59-,60-,61-,62-,63-,64-,65-,66-,67?,68-,69-,70-,71-/m0/s1. The number of phenols is 1. The number of aliphatic hydroxyl groups is 1. The molecule has 5 aromatic rings. The maximum Gasteiger partial charge on any atom is 0.246 e. The number of hydrogen-bond donors (Lipinski definition) is 20. The van der Waals surface area contributed by atoms with Crippen molar-refractivity contribution in [1.29, 1.82) is 5.41 Å². The lowest BCUT2D eigenvalue weighted by Crippen LogP contribution is -2.61. The first kappa shape index (κ1) is 106. The molecule has 3 fully saturated rings. The fourth-order valence-corrected chi connectivity index (χ4v) is 17.4. The van der Waals surface area contributed by atoms with Crippen molar-refractivity contribution in [2.45, 2.75) is 241 Å². The topological polar surface area (TPSA) is 656 Å². The molecule has 3 aromatic carbocycles. The number of nitrogens with zero attached hydrogens (tertiary/aromatic N) is 5. The van der Waals surface area contributed by atoms with Crippen LogP contribution >= 0.6 is 11.8 Å². The Bertz CT molecular complexity index is 5050. The van der Waals surface area contributed by atoms with Gasteiger partial charge in [-0.25, -0.2) is 0 Å². The number of fused-ring (bicyclic) bond motifs is 4. The number of amides is 18. The van der Waals surface area contributed by atoms with Crippen LogP contribution < -0.4 is 81.4 Å². The Morgan fingerprint density at radius 2 is 0.963 bits per heavy atom. The molecule has 0 aliphatic carbocycles. The van der Waals surface area contributed by atoms with Crippen LogP contribution in [0.1, 0.15) is 154 Å². The van der Waals surface area contributed by atoms with E-state index in [4.69, 9.17) is 28.3 Å². The van der Waals surface area contributed by atoms with Gasteiger partial charge in [0.25, 0.3) is 0 Å². The van der Waals surface area contributed by atoms with E-state index in [1.165, 1.54) is 57.2 Å². The fraction of sp³-hybridized carbons (Fsp3) is 0.544. The van der Waals surface area contributed by atoms with Crippen LogP contribution in [-0.4, -0.2) is 307 Å². The summed E-state index contributed by atoms with van der Waals surface area (Å²) >= 11 is 0.755. The average Bonchev–Trinajstić information content (AvgIpc) is 1.70. The minimum absolute atomic E-state index is 0.000765. The van der Waals surface area contributed by atoms with Crippen LogP contribution in [0, 0.1) is 11.3 Å². The zero-order valence-corrected chi connectivity index (χ0v) is 77.6. The van der Waals surface area contributed by atoms with Crippen LogP contribution in [0.4, 0.5) is 0 Å². The molecule has 8 rings (SSSR count). The molecule has 0 spiro atoms. The molecule has 18 amide bonds. The number of benzene rings is 3. The molecule has 44 heteroatoms. The summed E-state index contributed by atoms with van der Waals surface area (Å²) < 4.78 is 0. The Kier molecular flexibility index (Phi) is 40.3. The molecule has 43 nitrogen and oxygen atoms in total. The van der Waals surface area contributed by atoms with Gasteiger partial charge in [-0.1, -0.05) is 102 Å². The van der Waals surface area contributed by atoms with E-state index in [-0.39, 0.29) is 108 Å². The smallest absolute Gasteiger partial charge is 0.246 e. The van der Waals surface area contributed by atoms with Gasteiger partial charge >= 0.3 is 0 Å². The first-order valence-electron chi connectivity index (χ1n) is 45.1. The molecule has 730 valence electrons. The predicted octanol–water partition coefficient (Wildman–Crippen LogP) is -2.60. The Labute approximate surface area is 780 Å². The number of aliphatic hydroxyl groups excluding tert-OH is 1. The summed E-state index contributed by atoms with van der Waals surface area (Å²) in [6, 6.07) is -1.89. The Morgan fingerprint density at radius 3 is 1.52 bits per heavy atom. The lowest BCUT2D eigenvalue weighted by molar-refractivity contribution is -0.149. The van der Waals surface area contributed by atoms with Crippen molar-refractivity contribution in [2.75, 3.05) is 65.4 Å². The molecular weight excluding hydrogens is 1760 g/mol. The van der Waals surface area contributed by atoms with E-state index in [2.05, 4.69) is 68.5 Å². The van der Waals surface area contributed by atoms with E-state index in [0.717, 1.165) is 31.4 Å². The van der Waals surface area contributed by atoms with E-state index in [1.54, 1.807) is 74.8 Å². The number of aromatic hydroxyl groups is 1. The number of primary amides is 3. The van der Waals surface area contributed by atoms with Crippen LogP contribution in [0.3, 0.4) is 0 Å². The van der Waals surface area contributed by atoms with Crippen LogP contribution in [-0.2, 0) is 106 Å². The van der Waals surface area contributed by atoms with Crippen molar-refractivity contribution < 1.29 is 96.5 Å². The maximum atomic E-state index is 15.8. The number of aromatic nitrogens is 2. The third-order valence-electron chi connectivity index (χ3n) is 24.0. The number of phenolic OH excluding ortho intramolecular Hbond substituents is 1. The van der Waals surface area contributed by atoms with Gasteiger partial charge in [-0.15, -0.1) is 11.8 Å².